The zero-order valence-corrected chi connectivity index (χ0v) is 16.8. The molecule has 146 valence electrons. The Morgan fingerprint density at radius 3 is 2.68 bits per heavy atom. The molecule has 4 rings (SSSR count). The first-order valence-electron chi connectivity index (χ1n) is 9.56. The van der Waals surface area contributed by atoms with E-state index in [2.05, 4.69) is 0 Å². The molecule has 6 heteroatoms. The van der Waals surface area contributed by atoms with Crippen molar-refractivity contribution >= 4 is 28.6 Å². The third-order valence-corrected chi connectivity index (χ3v) is 6.63. The predicted molar refractivity (Wildman–Crippen MR) is 112 cm³/mol. The first-order valence-corrected chi connectivity index (χ1v) is 10.4. The number of rotatable bonds is 5. The number of aryl methyl sites for hydroxylation is 1. The van der Waals surface area contributed by atoms with E-state index in [0.717, 1.165) is 32.6 Å². The van der Waals surface area contributed by atoms with Crippen LogP contribution in [0.25, 0.3) is 22.2 Å². The van der Waals surface area contributed by atoms with E-state index >= 15 is 0 Å². The number of nitrogens with zero attached hydrogens (tertiary/aromatic N) is 2. The normalized spacial score (nSPS) is 15.3. The van der Waals surface area contributed by atoms with Crippen LogP contribution in [-0.4, -0.2) is 40.2 Å². The maximum atomic E-state index is 13.5. The Morgan fingerprint density at radius 1 is 1.21 bits per heavy atom. The van der Waals surface area contributed by atoms with Crippen LogP contribution in [0.2, 0.25) is 0 Å². The number of phenols is 1. The Kier molecular flexibility index (Phi) is 5.06. The largest absolute Gasteiger partial charge is 0.508 e. The number of halogens is 1. The van der Waals surface area contributed by atoms with Crippen molar-refractivity contribution in [3.8, 4) is 17.0 Å². The van der Waals surface area contributed by atoms with Gasteiger partial charge in [-0.15, -0.1) is 11.8 Å². The Labute approximate surface area is 168 Å². The van der Waals surface area contributed by atoms with Gasteiger partial charge in [0.1, 0.15) is 17.7 Å². The van der Waals surface area contributed by atoms with Gasteiger partial charge in [-0.2, -0.15) is 0 Å². The third kappa shape index (κ3) is 2.87. The van der Waals surface area contributed by atoms with Gasteiger partial charge in [0.15, 0.2) is 0 Å². The lowest BCUT2D eigenvalue weighted by molar-refractivity contribution is -0.130. The Balaban J connectivity index is 2.04. The third-order valence-electron chi connectivity index (χ3n) is 5.34. The summed E-state index contributed by atoms with van der Waals surface area (Å²) >= 11 is 1.54. The molecular weight excluding hydrogens is 374 g/mol. The number of carbonyl (C=O) groups is 1. The van der Waals surface area contributed by atoms with Crippen molar-refractivity contribution in [1.82, 2.24) is 9.47 Å². The standard InChI is InChI=1S/C22H23FN2O2S/c1-3-24(4-2)22(27)21-19-16-13-14(26)9-10-17(16)25(12-11-23)20(19)15-7-5-6-8-18(15)28-21/h5-10,13,21,26H,3-4,11-12H2,1-2H3/i23-1. The van der Waals surface area contributed by atoms with Gasteiger partial charge in [0.2, 0.25) is 5.91 Å². The molecule has 0 radical (unpaired) electrons. The maximum Gasteiger partial charge on any atom is 0.240 e. The second-order valence-corrected chi connectivity index (χ2v) is 7.96. The highest BCUT2D eigenvalue weighted by molar-refractivity contribution is 8.00. The molecule has 3 aromatic rings. The van der Waals surface area contributed by atoms with E-state index in [-0.39, 0.29) is 18.2 Å². The fourth-order valence-corrected chi connectivity index (χ4v) is 5.38. The first kappa shape index (κ1) is 18.9. The zero-order valence-electron chi connectivity index (χ0n) is 16.0. The summed E-state index contributed by atoms with van der Waals surface area (Å²) in [6, 6.07) is 13.1. The van der Waals surface area contributed by atoms with Gasteiger partial charge in [-0.25, -0.2) is 4.39 Å². The van der Waals surface area contributed by atoms with Crippen LogP contribution in [0, 0.1) is 0 Å². The molecule has 2 heterocycles. The van der Waals surface area contributed by atoms with Gasteiger partial charge < -0.3 is 14.6 Å². The second-order valence-electron chi connectivity index (χ2n) is 6.81. The van der Waals surface area contributed by atoms with Gasteiger partial charge in [0, 0.05) is 40.0 Å². The molecule has 28 heavy (non-hydrogen) atoms. The van der Waals surface area contributed by atoms with Crippen LogP contribution in [-0.2, 0) is 11.3 Å². The van der Waals surface area contributed by atoms with Gasteiger partial charge in [-0.3, -0.25) is 4.79 Å². The van der Waals surface area contributed by atoms with E-state index in [0.29, 0.717) is 13.1 Å². The monoisotopic (exact) mass is 397 g/mol. The number of carbonyl (C=O) groups excluding carboxylic acids is 1. The number of benzene rings is 2. The zero-order chi connectivity index (χ0) is 19.8. The number of hydrogen-bond acceptors (Lipinski definition) is 3. The Morgan fingerprint density at radius 2 is 1.96 bits per heavy atom. The molecule has 0 aliphatic carbocycles. The smallest absolute Gasteiger partial charge is 0.240 e. The molecule has 2 aromatic carbocycles. The van der Waals surface area contributed by atoms with Crippen molar-refractivity contribution in [2.24, 2.45) is 0 Å². The van der Waals surface area contributed by atoms with Crippen molar-refractivity contribution < 1.29 is 14.3 Å². The average molecular weight is 398 g/mol. The fourth-order valence-electron chi connectivity index (χ4n) is 4.07. The lowest BCUT2D eigenvalue weighted by atomic mass is 10.0. The van der Waals surface area contributed by atoms with Crippen LogP contribution in [0.15, 0.2) is 47.4 Å². The number of thioether (sulfide) groups is 1. The summed E-state index contributed by atoms with van der Waals surface area (Å²) < 4.78 is 15.4. The number of phenolic OH excluding ortho intramolecular Hbond substituents is 1. The highest BCUT2D eigenvalue weighted by Crippen LogP contribution is 2.53. The number of aromatic hydroxyl groups is 1. The Bertz CT molecular complexity index is 1040. The van der Waals surface area contributed by atoms with E-state index in [4.69, 9.17) is 0 Å². The topological polar surface area (TPSA) is 45.5 Å². The van der Waals surface area contributed by atoms with Crippen LogP contribution in [0.3, 0.4) is 0 Å². The molecule has 4 nitrogen and oxygen atoms in total. The fraction of sp³-hybridized carbons (Fsp3) is 0.318. The molecule has 1 N–H and O–H groups in total. The van der Waals surface area contributed by atoms with E-state index < -0.39 is 11.9 Å². The molecule has 1 atom stereocenters. The summed E-state index contributed by atoms with van der Waals surface area (Å²) in [4.78, 5) is 16.2. The van der Waals surface area contributed by atoms with Gasteiger partial charge in [0.25, 0.3) is 0 Å². The summed E-state index contributed by atoms with van der Waals surface area (Å²) in [5.41, 5.74) is 3.61. The maximum absolute atomic E-state index is 13.5. The highest BCUT2D eigenvalue weighted by atomic mass is 32.2. The average Bonchev–Trinajstić information content (AvgIpc) is 3.02. The van der Waals surface area contributed by atoms with Gasteiger partial charge in [0.05, 0.1) is 12.2 Å². The van der Waals surface area contributed by atoms with Gasteiger partial charge >= 0.3 is 0 Å². The summed E-state index contributed by atoms with van der Waals surface area (Å²) in [5, 5.41) is 10.5. The van der Waals surface area contributed by atoms with E-state index in [9.17, 15) is 14.3 Å². The number of likely N-dealkylation sites (N-methyl/N-ethyl adjacent to an activating group) is 1. The van der Waals surface area contributed by atoms with E-state index in [1.54, 1.807) is 12.1 Å². The molecule has 0 spiro atoms. The minimum atomic E-state index is -0.499. The minimum Gasteiger partial charge on any atom is -0.508 e. The van der Waals surface area contributed by atoms with Crippen molar-refractivity contribution in [2.75, 3.05) is 19.8 Å². The molecule has 0 fully saturated rings. The molecule has 0 saturated heterocycles. The molecule has 0 saturated carbocycles. The molecule has 1 aliphatic heterocycles. The van der Waals surface area contributed by atoms with E-state index in [1.807, 2.05) is 53.6 Å². The molecular formula is C22H23FN2O2S. The van der Waals surface area contributed by atoms with Crippen LogP contribution >= 0.6 is 11.8 Å². The minimum absolute atomic E-state index is 0.0494. The van der Waals surface area contributed by atoms with Crippen molar-refractivity contribution in [2.45, 2.75) is 30.5 Å². The molecule has 1 unspecified atom stereocenters. The molecule has 1 aliphatic rings. The van der Waals surface area contributed by atoms with Crippen LogP contribution in [0.4, 0.5) is 4.39 Å². The summed E-state index contributed by atoms with van der Waals surface area (Å²) in [6.45, 7) is 4.93. The summed E-state index contributed by atoms with van der Waals surface area (Å²) in [7, 11) is 0. The number of hydrogen-bond donors (Lipinski definition) is 1. The van der Waals surface area contributed by atoms with Crippen LogP contribution in [0.1, 0.15) is 24.7 Å². The second kappa shape index (κ2) is 7.51. The van der Waals surface area contributed by atoms with Crippen molar-refractivity contribution in [1.29, 1.82) is 0 Å². The van der Waals surface area contributed by atoms with Gasteiger partial charge in [-0.1, -0.05) is 18.2 Å². The molecule has 0 bridgehead atoms. The first-order chi connectivity index (χ1) is 13.6. The quantitative estimate of drug-likeness (QED) is 0.659. The lowest BCUT2D eigenvalue weighted by Gasteiger charge is -2.29. The SMILES string of the molecule is CCN(CC)C(=O)C1Sc2ccccc2-c2c1c1cc(O)ccc1n2CC[18F]. The van der Waals surface area contributed by atoms with Crippen LogP contribution in [0.5, 0.6) is 5.75 Å². The van der Waals surface area contributed by atoms with Gasteiger partial charge in [-0.05, 0) is 38.1 Å². The molecule has 1 aromatic heterocycles. The summed E-state index contributed by atoms with van der Waals surface area (Å²) in [5.74, 6) is 0.194. The summed E-state index contributed by atoms with van der Waals surface area (Å²) in [6.07, 6.45) is 0. The number of aromatic nitrogens is 1. The lowest BCUT2D eigenvalue weighted by Crippen LogP contribution is -2.34. The molecule has 1 amide bonds. The number of amides is 1. The predicted octanol–water partition coefficient (Wildman–Crippen LogP) is 5.00. The van der Waals surface area contributed by atoms with Crippen molar-refractivity contribution in [3.63, 3.8) is 0 Å². The Hall–Kier alpha value is -2.47. The number of fused-ring (bicyclic) bond motifs is 5. The highest BCUT2D eigenvalue weighted by Gasteiger charge is 2.37. The number of alkyl halides is 1. The van der Waals surface area contributed by atoms with Crippen molar-refractivity contribution in [3.05, 3.63) is 48.0 Å². The van der Waals surface area contributed by atoms with E-state index in [1.165, 1.54) is 11.8 Å². The van der Waals surface area contributed by atoms with Crippen LogP contribution < -0.4 is 0 Å².